The molecule has 6 heteroatoms. The van der Waals surface area contributed by atoms with Crippen LogP contribution in [0, 0.1) is 0 Å². The summed E-state index contributed by atoms with van der Waals surface area (Å²) in [6.45, 7) is 6.42. The molecule has 0 aliphatic rings. The number of unbranched alkanes of at least 4 members (excludes halogenated alkanes) is 28. The number of hydrogen-bond acceptors (Lipinski definition) is 6. The summed E-state index contributed by atoms with van der Waals surface area (Å²) in [5.41, 5.74) is 0. The van der Waals surface area contributed by atoms with Gasteiger partial charge in [-0.3, -0.25) is 14.4 Å². The molecule has 73 heavy (non-hydrogen) atoms. The Morgan fingerprint density at radius 2 is 0.534 bits per heavy atom. The minimum atomic E-state index is -0.792. The van der Waals surface area contributed by atoms with Gasteiger partial charge in [-0.2, -0.15) is 0 Å². The van der Waals surface area contributed by atoms with Crippen molar-refractivity contribution in [3.8, 4) is 0 Å². The number of carbonyl (C=O) groups is 3. The topological polar surface area (TPSA) is 78.9 Å². The molecule has 0 aromatic heterocycles. The molecule has 0 radical (unpaired) electrons. The second kappa shape index (κ2) is 60.9. The van der Waals surface area contributed by atoms with Gasteiger partial charge in [-0.1, -0.05) is 272 Å². The van der Waals surface area contributed by atoms with Crippen molar-refractivity contribution in [3.05, 3.63) is 97.2 Å². The van der Waals surface area contributed by atoms with Gasteiger partial charge < -0.3 is 14.2 Å². The Morgan fingerprint density at radius 1 is 0.288 bits per heavy atom. The van der Waals surface area contributed by atoms with E-state index in [0.29, 0.717) is 19.3 Å². The minimum Gasteiger partial charge on any atom is -0.462 e. The molecule has 0 saturated carbocycles. The first-order valence-electron chi connectivity index (χ1n) is 30.7. The molecule has 0 spiro atoms. The SMILES string of the molecule is CC/C=C\C/C=C\C/C=C\C/C=C\CCCCCCCCCCCCC(=O)OCC(COC(=O)CCCCCCCCCCCCCCCCC)OC(=O)CCCCCC/C=C\C/C=C\C/C=C\C/C=C\CC. The first-order valence-corrected chi connectivity index (χ1v) is 30.7. The summed E-state index contributed by atoms with van der Waals surface area (Å²) in [7, 11) is 0. The van der Waals surface area contributed by atoms with Crippen molar-refractivity contribution >= 4 is 17.9 Å². The largest absolute Gasteiger partial charge is 0.462 e. The maximum absolute atomic E-state index is 12.9. The highest BCUT2D eigenvalue weighted by Gasteiger charge is 2.19. The molecule has 0 aromatic rings. The van der Waals surface area contributed by atoms with Crippen molar-refractivity contribution in [2.45, 2.75) is 297 Å². The third-order valence-electron chi connectivity index (χ3n) is 13.1. The minimum absolute atomic E-state index is 0.0866. The van der Waals surface area contributed by atoms with Gasteiger partial charge >= 0.3 is 17.9 Å². The van der Waals surface area contributed by atoms with Crippen LogP contribution in [0.4, 0.5) is 0 Å². The number of hydrogen-bond donors (Lipinski definition) is 0. The molecule has 1 atom stereocenters. The molecule has 0 bridgehead atoms. The zero-order valence-corrected chi connectivity index (χ0v) is 47.9. The molecule has 0 fully saturated rings. The van der Waals surface area contributed by atoms with Gasteiger partial charge in [0, 0.05) is 19.3 Å². The predicted octanol–water partition coefficient (Wildman–Crippen LogP) is 20.9. The summed E-state index contributed by atoms with van der Waals surface area (Å²) in [4.78, 5) is 38.3. The lowest BCUT2D eigenvalue weighted by Gasteiger charge is -2.18. The van der Waals surface area contributed by atoms with E-state index in [0.717, 1.165) is 122 Å². The molecule has 0 saturated heterocycles. The van der Waals surface area contributed by atoms with Crippen LogP contribution in [-0.2, 0) is 28.6 Å². The lowest BCUT2D eigenvalue weighted by molar-refractivity contribution is -0.167. The van der Waals surface area contributed by atoms with Crippen molar-refractivity contribution in [3.63, 3.8) is 0 Å². The van der Waals surface area contributed by atoms with Crippen LogP contribution in [0.15, 0.2) is 97.2 Å². The lowest BCUT2D eigenvalue weighted by Crippen LogP contribution is -2.30. The standard InChI is InChI=1S/C67H114O6/c1-4-7-10-13-16-19-22-25-28-30-31-32-33-34-35-37-39-42-45-48-51-54-57-60-66(69)72-63-64(62-71-65(68)59-56-53-50-47-44-41-38-27-24-21-18-15-12-9-6-3)73-67(70)61-58-55-52-49-46-43-40-36-29-26-23-20-17-14-11-8-5-2/h7-8,10-11,16-17,19-20,25-26,28-29,31-32,40,43,64H,4-6,9,12-15,18,21-24,27,30,33-39,41-42,44-63H2,1-3H3/b10-7-,11-8-,19-16-,20-17-,28-25-,29-26-,32-31-,43-40-. The van der Waals surface area contributed by atoms with E-state index < -0.39 is 6.10 Å². The van der Waals surface area contributed by atoms with Gasteiger partial charge in [0.25, 0.3) is 0 Å². The summed E-state index contributed by atoms with van der Waals surface area (Å²) in [6, 6.07) is 0. The van der Waals surface area contributed by atoms with E-state index in [-0.39, 0.29) is 31.1 Å². The predicted molar refractivity (Wildman–Crippen MR) is 316 cm³/mol. The Morgan fingerprint density at radius 3 is 0.836 bits per heavy atom. The third kappa shape index (κ3) is 59.1. The van der Waals surface area contributed by atoms with E-state index >= 15 is 0 Å². The molecule has 418 valence electrons. The van der Waals surface area contributed by atoms with Crippen LogP contribution in [0.1, 0.15) is 290 Å². The van der Waals surface area contributed by atoms with Gasteiger partial charge in [-0.15, -0.1) is 0 Å². The number of carbonyl (C=O) groups excluding carboxylic acids is 3. The van der Waals surface area contributed by atoms with E-state index in [9.17, 15) is 14.4 Å². The Hall–Kier alpha value is -3.67. The van der Waals surface area contributed by atoms with E-state index in [1.165, 1.54) is 128 Å². The second-order valence-electron chi connectivity index (χ2n) is 20.2. The summed E-state index contributed by atoms with van der Waals surface area (Å²) in [5, 5.41) is 0. The van der Waals surface area contributed by atoms with E-state index in [2.05, 4.69) is 118 Å². The fraction of sp³-hybridized carbons (Fsp3) is 0.716. The van der Waals surface area contributed by atoms with Crippen LogP contribution < -0.4 is 0 Å². The van der Waals surface area contributed by atoms with Crippen LogP contribution in [0.3, 0.4) is 0 Å². The maximum Gasteiger partial charge on any atom is 0.306 e. The van der Waals surface area contributed by atoms with Gasteiger partial charge in [0.2, 0.25) is 0 Å². The van der Waals surface area contributed by atoms with Gasteiger partial charge in [0.05, 0.1) is 0 Å². The van der Waals surface area contributed by atoms with Crippen LogP contribution in [0.2, 0.25) is 0 Å². The summed E-state index contributed by atoms with van der Waals surface area (Å²) >= 11 is 0. The number of esters is 3. The van der Waals surface area contributed by atoms with Crippen molar-refractivity contribution in [2.24, 2.45) is 0 Å². The van der Waals surface area contributed by atoms with E-state index in [1.54, 1.807) is 0 Å². The molecule has 0 N–H and O–H groups in total. The molecular formula is C67H114O6. The lowest BCUT2D eigenvalue weighted by atomic mass is 10.0. The number of ether oxygens (including phenoxy) is 3. The Bertz CT molecular complexity index is 1440. The quantitative estimate of drug-likeness (QED) is 0.0261. The molecule has 0 heterocycles. The molecule has 0 rings (SSSR count). The highest BCUT2D eigenvalue weighted by Crippen LogP contribution is 2.16. The fourth-order valence-corrected chi connectivity index (χ4v) is 8.54. The van der Waals surface area contributed by atoms with Gasteiger partial charge in [-0.05, 0) is 96.3 Å². The Kier molecular flexibility index (Phi) is 57.8. The van der Waals surface area contributed by atoms with Crippen LogP contribution >= 0.6 is 0 Å². The summed E-state index contributed by atoms with van der Waals surface area (Å²) in [5.74, 6) is -0.906. The van der Waals surface area contributed by atoms with Gasteiger partial charge in [0.1, 0.15) is 13.2 Å². The fourth-order valence-electron chi connectivity index (χ4n) is 8.54. The van der Waals surface area contributed by atoms with Crippen molar-refractivity contribution in [1.82, 2.24) is 0 Å². The first kappa shape index (κ1) is 69.3. The third-order valence-corrected chi connectivity index (χ3v) is 13.1. The van der Waals surface area contributed by atoms with E-state index in [1.807, 2.05) is 0 Å². The van der Waals surface area contributed by atoms with Crippen LogP contribution in [0.25, 0.3) is 0 Å². The smallest absolute Gasteiger partial charge is 0.306 e. The molecule has 0 amide bonds. The van der Waals surface area contributed by atoms with Crippen molar-refractivity contribution in [2.75, 3.05) is 13.2 Å². The van der Waals surface area contributed by atoms with Crippen LogP contribution in [-0.4, -0.2) is 37.2 Å². The number of allylic oxidation sites excluding steroid dienone is 16. The molecule has 0 aliphatic carbocycles. The van der Waals surface area contributed by atoms with Gasteiger partial charge in [0.15, 0.2) is 6.10 Å². The van der Waals surface area contributed by atoms with E-state index in [4.69, 9.17) is 14.2 Å². The summed E-state index contributed by atoms with van der Waals surface area (Å²) in [6.07, 6.45) is 81.2. The zero-order valence-electron chi connectivity index (χ0n) is 47.9. The molecule has 0 aromatic carbocycles. The van der Waals surface area contributed by atoms with Crippen LogP contribution in [0.5, 0.6) is 0 Å². The average Bonchev–Trinajstić information content (AvgIpc) is 3.39. The molecule has 0 aliphatic heterocycles. The Labute approximate surface area is 451 Å². The average molecular weight is 1020 g/mol. The monoisotopic (exact) mass is 1010 g/mol. The van der Waals surface area contributed by atoms with Crippen molar-refractivity contribution in [1.29, 1.82) is 0 Å². The highest BCUT2D eigenvalue weighted by molar-refractivity contribution is 5.71. The van der Waals surface area contributed by atoms with Gasteiger partial charge in [-0.25, -0.2) is 0 Å². The normalized spacial score (nSPS) is 12.8. The maximum atomic E-state index is 12.9. The second-order valence-corrected chi connectivity index (χ2v) is 20.2. The molecular weight excluding hydrogens is 901 g/mol. The molecule has 6 nitrogen and oxygen atoms in total. The Balaban J connectivity index is 4.38. The number of rotatable bonds is 55. The summed E-state index contributed by atoms with van der Waals surface area (Å²) < 4.78 is 16.9. The van der Waals surface area contributed by atoms with Crippen molar-refractivity contribution < 1.29 is 28.6 Å². The first-order chi connectivity index (χ1) is 36.0. The zero-order chi connectivity index (χ0) is 52.9. The highest BCUT2D eigenvalue weighted by atomic mass is 16.6. The molecule has 1 unspecified atom stereocenters.